The summed E-state index contributed by atoms with van der Waals surface area (Å²) in [5.74, 6) is 0. The Morgan fingerprint density at radius 1 is 1.29 bits per heavy atom. The van der Waals surface area contributed by atoms with Crippen LogP contribution in [0.4, 0.5) is 5.69 Å². The summed E-state index contributed by atoms with van der Waals surface area (Å²) in [7, 11) is 0. The molecule has 0 amide bonds. The van der Waals surface area contributed by atoms with Gasteiger partial charge in [0.05, 0.1) is 0 Å². The fourth-order valence-electron chi connectivity index (χ4n) is 2.61. The summed E-state index contributed by atoms with van der Waals surface area (Å²) in [6.07, 6.45) is 0. The van der Waals surface area contributed by atoms with Crippen molar-refractivity contribution < 1.29 is 0 Å². The molecule has 0 radical (unpaired) electrons. The van der Waals surface area contributed by atoms with Crippen LogP contribution in [-0.4, -0.2) is 25.7 Å². The van der Waals surface area contributed by atoms with Crippen molar-refractivity contribution in [3.8, 4) is 0 Å². The summed E-state index contributed by atoms with van der Waals surface area (Å²) in [5.41, 5.74) is 3.08. The second-order valence-electron chi connectivity index (χ2n) is 6.06. The standard InChI is InChI=1S/C15H24N2/c1-12-7-5-6-8-14(12)17-11-15(3,4)10-16-9-13(17)2/h5-8,13,16H,9-11H2,1-4H3. The van der Waals surface area contributed by atoms with E-state index in [9.17, 15) is 0 Å². The minimum atomic E-state index is 0.326. The number of hydrogen-bond donors (Lipinski definition) is 1. The van der Waals surface area contributed by atoms with Crippen molar-refractivity contribution in [2.24, 2.45) is 5.41 Å². The SMILES string of the molecule is Cc1ccccc1N1CC(C)(C)CNCC1C. The number of para-hydroxylation sites is 1. The molecule has 1 fully saturated rings. The van der Waals surface area contributed by atoms with Crippen LogP contribution in [0.5, 0.6) is 0 Å². The Balaban J connectivity index is 2.31. The second kappa shape index (κ2) is 4.69. The van der Waals surface area contributed by atoms with Gasteiger partial charge in [-0.05, 0) is 30.9 Å². The molecule has 1 N–H and O–H groups in total. The summed E-state index contributed by atoms with van der Waals surface area (Å²) >= 11 is 0. The Morgan fingerprint density at radius 3 is 2.71 bits per heavy atom. The molecular formula is C15H24N2. The lowest BCUT2D eigenvalue weighted by Crippen LogP contribution is -2.40. The van der Waals surface area contributed by atoms with Crippen LogP contribution in [0.1, 0.15) is 26.3 Å². The predicted molar refractivity (Wildman–Crippen MR) is 74.6 cm³/mol. The van der Waals surface area contributed by atoms with Gasteiger partial charge in [0.25, 0.3) is 0 Å². The van der Waals surface area contributed by atoms with Crippen LogP contribution in [0.15, 0.2) is 24.3 Å². The van der Waals surface area contributed by atoms with Crippen molar-refractivity contribution >= 4 is 5.69 Å². The quantitative estimate of drug-likeness (QED) is 0.801. The van der Waals surface area contributed by atoms with E-state index in [2.05, 4.69) is 62.2 Å². The molecule has 94 valence electrons. The Labute approximate surface area is 105 Å². The molecular weight excluding hydrogens is 208 g/mol. The van der Waals surface area contributed by atoms with E-state index in [1.807, 2.05) is 0 Å². The lowest BCUT2D eigenvalue weighted by atomic mass is 9.92. The highest BCUT2D eigenvalue weighted by Gasteiger charge is 2.28. The Kier molecular flexibility index (Phi) is 3.43. The van der Waals surface area contributed by atoms with Crippen LogP contribution in [0, 0.1) is 12.3 Å². The maximum absolute atomic E-state index is 3.56. The minimum Gasteiger partial charge on any atom is -0.367 e. The molecule has 1 saturated heterocycles. The summed E-state index contributed by atoms with van der Waals surface area (Å²) in [4.78, 5) is 2.55. The third-order valence-electron chi connectivity index (χ3n) is 3.60. The van der Waals surface area contributed by atoms with Gasteiger partial charge in [-0.1, -0.05) is 32.0 Å². The molecule has 0 aliphatic carbocycles. The van der Waals surface area contributed by atoms with Crippen LogP contribution < -0.4 is 10.2 Å². The molecule has 2 heteroatoms. The maximum atomic E-state index is 3.56. The highest BCUT2D eigenvalue weighted by molar-refractivity contribution is 5.54. The van der Waals surface area contributed by atoms with Crippen molar-refractivity contribution in [1.82, 2.24) is 5.32 Å². The topological polar surface area (TPSA) is 15.3 Å². The summed E-state index contributed by atoms with van der Waals surface area (Å²) < 4.78 is 0. The summed E-state index contributed by atoms with van der Waals surface area (Å²) in [6.45, 7) is 12.5. The average Bonchev–Trinajstić information content (AvgIpc) is 2.38. The molecule has 1 aromatic rings. The molecule has 0 aromatic heterocycles. The van der Waals surface area contributed by atoms with Gasteiger partial charge >= 0.3 is 0 Å². The zero-order valence-electron chi connectivity index (χ0n) is 11.5. The fourth-order valence-corrected chi connectivity index (χ4v) is 2.61. The zero-order valence-corrected chi connectivity index (χ0v) is 11.5. The number of nitrogens with zero attached hydrogens (tertiary/aromatic N) is 1. The molecule has 17 heavy (non-hydrogen) atoms. The van der Waals surface area contributed by atoms with Crippen molar-refractivity contribution in [3.63, 3.8) is 0 Å². The van der Waals surface area contributed by atoms with Gasteiger partial charge in [0, 0.05) is 31.4 Å². The Morgan fingerprint density at radius 2 is 2.00 bits per heavy atom. The smallest absolute Gasteiger partial charge is 0.0398 e. The van der Waals surface area contributed by atoms with Crippen molar-refractivity contribution in [2.45, 2.75) is 33.7 Å². The van der Waals surface area contributed by atoms with Gasteiger partial charge in [-0.2, -0.15) is 0 Å². The number of anilines is 1. The van der Waals surface area contributed by atoms with Crippen LogP contribution in [0.3, 0.4) is 0 Å². The van der Waals surface area contributed by atoms with E-state index in [1.165, 1.54) is 11.3 Å². The van der Waals surface area contributed by atoms with E-state index in [1.54, 1.807) is 0 Å². The van der Waals surface area contributed by atoms with E-state index in [-0.39, 0.29) is 0 Å². The van der Waals surface area contributed by atoms with Crippen LogP contribution in [-0.2, 0) is 0 Å². The lowest BCUT2D eigenvalue weighted by Gasteiger charge is -2.35. The van der Waals surface area contributed by atoms with Crippen molar-refractivity contribution in [1.29, 1.82) is 0 Å². The van der Waals surface area contributed by atoms with Crippen LogP contribution >= 0.6 is 0 Å². The Bertz CT molecular complexity index is 384. The molecule has 0 saturated carbocycles. The molecule has 1 atom stereocenters. The van der Waals surface area contributed by atoms with Gasteiger partial charge in [0.1, 0.15) is 0 Å². The molecule has 1 heterocycles. The van der Waals surface area contributed by atoms with Crippen LogP contribution in [0.25, 0.3) is 0 Å². The first-order chi connectivity index (χ1) is 7.99. The van der Waals surface area contributed by atoms with E-state index in [4.69, 9.17) is 0 Å². The van der Waals surface area contributed by atoms with Gasteiger partial charge in [0.15, 0.2) is 0 Å². The maximum Gasteiger partial charge on any atom is 0.0398 e. The fraction of sp³-hybridized carbons (Fsp3) is 0.600. The first kappa shape index (κ1) is 12.4. The highest BCUT2D eigenvalue weighted by Crippen LogP contribution is 2.28. The van der Waals surface area contributed by atoms with Gasteiger partial charge in [0.2, 0.25) is 0 Å². The third kappa shape index (κ3) is 2.81. The van der Waals surface area contributed by atoms with Gasteiger partial charge < -0.3 is 10.2 Å². The first-order valence-corrected chi connectivity index (χ1v) is 6.53. The van der Waals surface area contributed by atoms with E-state index >= 15 is 0 Å². The number of rotatable bonds is 1. The molecule has 2 rings (SSSR count). The molecule has 1 aliphatic heterocycles. The lowest BCUT2D eigenvalue weighted by molar-refractivity contribution is 0.369. The monoisotopic (exact) mass is 232 g/mol. The Hall–Kier alpha value is -1.02. The molecule has 1 aromatic carbocycles. The van der Waals surface area contributed by atoms with Gasteiger partial charge in [-0.15, -0.1) is 0 Å². The molecule has 1 unspecified atom stereocenters. The number of hydrogen-bond acceptors (Lipinski definition) is 2. The van der Waals surface area contributed by atoms with Crippen molar-refractivity contribution in [2.75, 3.05) is 24.5 Å². The van der Waals surface area contributed by atoms with Crippen molar-refractivity contribution in [3.05, 3.63) is 29.8 Å². The highest BCUT2D eigenvalue weighted by atomic mass is 15.2. The normalized spacial score (nSPS) is 24.5. The minimum absolute atomic E-state index is 0.326. The second-order valence-corrected chi connectivity index (χ2v) is 6.06. The summed E-state index contributed by atoms with van der Waals surface area (Å²) in [6, 6.07) is 9.25. The van der Waals surface area contributed by atoms with E-state index < -0.39 is 0 Å². The molecule has 1 aliphatic rings. The summed E-state index contributed by atoms with van der Waals surface area (Å²) in [5, 5.41) is 3.56. The van der Waals surface area contributed by atoms with Gasteiger partial charge in [-0.25, -0.2) is 0 Å². The average molecular weight is 232 g/mol. The van der Waals surface area contributed by atoms with E-state index in [0.29, 0.717) is 11.5 Å². The first-order valence-electron chi connectivity index (χ1n) is 6.53. The number of nitrogens with one attached hydrogen (secondary N) is 1. The predicted octanol–water partition coefficient (Wildman–Crippen LogP) is 2.82. The third-order valence-corrected chi connectivity index (χ3v) is 3.60. The van der Waals surface area contributed by atoms with Gasteiger partial charge in [-0.3, -0.25) is 0 Å². The molecule has 2 nitrogen and oxygen atoms in total. The number of benzene rings is 1. The zero-order chi connectivity index (χ0) is 12.5. The van der Waals surface area contributed by atoms with Crippen LogP contribution in [0.2, 0.25) is 0 Å². The number of aryl methyl sites for hydroxylation is 1. The molecule has 0 spiro atoms. The molecule has 0 bridgehead atoms. The largest absolute Gasteiger partial charge is 0.367 e. The van der Waals surface area contributed by atoms with E-state index in [0.717, 1.165) is 19.6 Å².